The summed E-state index contributed by atoms with van der Waals surface area (Å²) < 4.78 is 20.3. The predicted molar refractivity (Wildman–Crippen MR) is 129 cm³/mol. The van der Waals surface area contributed by atoms with Gasteiger partial charge in [0.05, 0.1) is 18.7 Å². The summed E-state index contributed by atoms with van der Waals surface area (Å²) in [6.45, 7) is 3.76. The molecule has 0 aliphatic heterocycles. The van der Waals surface area contributed by atoms with Crippen molar-refractivity contribution in [1.82, 2.24) is 10.6 Å². The van der Waals surface area contributed by atoms with Crippen molar-refractivity contribution in [1.29, 1.82) is 5.26 Å². The minimum Gasteiger partial charge on any atom is -0.467 e. The molecule has 36 heavy (non-hydrogen) atoms. The molecular weight excluding hydrogens is 489 g/mol. The van der Waals surface area contributed by atoms with Crippen molar-refractivity contribution in [2.24, 2.45) is 5.92 Å². The van der Waals surface area contributed by atoms with Crippen LogP contribution >= 0.6 is 7.82 Å². The molecule has 0 aliphatic rings. The molecule has 0 aromatic heterocycles. The Morgan fingerprint density at radius 3 is 2.11 bits per heavy atom. The largest absolute Gasteiger partial charge is 0.524 e. The quantitative estimate of drug-likeness (QED) is 0.257. The lowest BCUT2D eigenvalue weighted by atomic mass is 10.0. The first-order valence-corrected chi connectivity index (χ1v) is 12.5. The van der Waals surface area contributed by atoms with Gasteiger partial charge in [0.25, 0.3) is 5.91 Å². The van der Waals surface area contributed by atoms with Gasteiger partial charge in [-0.15, -0.1) is 0 Å². The van der Waals surface area contributed by atoms with Crippen molar-refractivity contribution in [3.05, 3.63) is 65.2 Å². The van der Waals surface area contributed by atoms with Gasteiger partial charge < -0.3 is 19.9 Å². The van der Waals surface area contributed by atoms with E-state index in [2.05, 4.69) is 15.2 Å². The number of nitrogens with zero attached hydrogens (tertiary/aromatic N) is 1. The Morgan fingerprint density at radius 2 is 1.61 bits per heavy atom. The van der Waals surface area contributed by atoms with Gasteiger partial charge in [0.2, 0.25) is 5.91 Å². The predicted octanol–water partition coefficient (Wildman–Crippen LogP) is 2.07. The number of ether oxygens (including phenoxy) is 1. The maximum absolute atomic E-state index is 13.2. The number of rotatable bonds is 11. The highest BCUT2D eigenvalue weighted by Gasteiger charge is 2.28. The molecule has 4 N–H and O–H groups in total. The minimum atomic E-state index is -4.73. The number of esters is 1. The van der Waals surface area contributed by atoms with Gasteiger partial charge in [-0.05, 0) is 54.3 Å². The van der Waals surface area contributed by atoms with Crippen LogP contribution in [0.5, 0.6) is 5.75 Å². The first-order chi connectivity index (χ1) is 16.9. The Bertz CT molecular complexity index is 1150. The van der Waals surface area contributed by atoms with Crippen molar-refractivity contribution >= 4 is 25.6 Å². The summed E-state index contributed by atoms with van der Waals surface area (Å²) in [6, 6.07) is 11.4. The molecule has 2 atom stereocenters. The van der Waals surface area contributed by atoms with E-state index in [1.807, 2.05) is 19.9 Å². The van der Waals surface area contributed by atoms with Gasteiger partial charge in [0, 0.05) is 12.0 Å². The number of benzene rings is 2. The number of hydrogen-bond acceptors (Lipinski definition) is 7. The first kappa shape index (κ1) is 28.5. The second-order valence-corrected chi connectivity index (χ2v) is 9.52. The van der Waals surface area contributed by atoms with E-state index in [9.17, 15) is 18.9 Å². The van der Waals surface area contributed by atoms with Crippen LogP contribution in [0.25, 0.3) is 0 Å². The van der Waals surface area contributed by atoms with Crippen molar-refractivity contribution < 1.29 is 38.0 Å². The van der Waals surface area contributed by atoms with Crippen LogP contribution in [0.15, 0.2) is 48.5 Å². The van der Waals surface area contributed by atoms with Crippen molar-refractivity contribution in [2.75, 3.05) is 7.11 Å². The average molecular weight is 517 g/mol. The second kappa shape index (κ2) is 12.8. The highest BCUT2D eigenvalue weighted by atomic mass is 31.2. The molecule has 2 aromatic carbocycles. The van der Waals surface area contributed by atoms with Gasteiger partial charge in [-0.3, -0.25) is 19.4 Å². The van der Waals surface area contributed by atoms with Gasteiger partial charge >= 0.3 is 13.8 Å². The molecule has 0 bridgehead atoms. The van der Waals surface area contributed by atoms with Crippen molar-refractivity contribution in [3.63, 3.8) is 0 Å². The molecule has 0 radical (unpaired) electrons. The monoisotopic (exact) mass is 517 g/mol. The third kappa shape index (κ3) is 9.15. The number of carbonyl (C=O) groups is 3. The molecule has 11 nitrogen and oxygen atoms in total. The molecule has 0 fully saturated rings. The number of nitrogens with one attached hydrogen (secondary N) is 2. The summed E-state index contributed by atoms with van der Waals surface area (Å²) in [5.41, 5.74) is 1.14. The lowest BCUT2D eigenvalue weighted by Gasteiger charge is -2.23. The topological polar surface area (TPSA) is 175 Å². The van der Waals surface area contributed by atoms with Crippen LogP contribution in [-0.4, -0.2) is 46.8 Å². The molecule has 2 rings (SSSR count). The van der Waals surface area contributed by atoms with Crippen LogP contribution in [0.1, 0.15) is 41.8 Å². The van der Waals surface area contributed by atoms with E-state index in [0.29, 0.717) is 17.5 Å². The molecule has 2 amide bonds. The third-order valence-electron chi connectivity index (χ3n) is 4.99. The number of hydrogen-bond donors (Lipinski definition) is 4. The highest BCUT2D eigenvalue weighted by molar-refractivity contribution is 7.46. The lowest BCUT2D eigenvalue weighted by molar-refractivity contribution is -0.145. The Balaban J connectivity index is 2.27. The molecular formula is C24H28N3O8P. The Kier molecular flexibility index (Phi) is 10.2. The SMILES string of the molecule is COC(=O)C(CC(C)C)NC(=O)C(Cc1ccc(OP(=O)(O)O)cc1)NC(=O)c1ccc(C#N)cc1. The van der Waals surface area contributed by atoms with Gasteiger partial charge in [-0.2, -0.15) is 5.26 Å². The summed E-state index contributed by atoms with van der Waals surface area (Å²) in [4.78, 5) is 56.1. The summed E-state index contributed by atoms with van der Waals surface area (Å²) in [7, 11) is -3.51. The molecule has 0 heterocycles. The van der Waals surface area contributed by atoms with Gasteiger partial charge in [-0.1, -0.05) is 26.0 Å². The first-order valence-electron chi connectivity index (χ1n) is 10.9. The highest BCUT2D eigenvalue weighted by Crippen LogP contribution is 2.37. The maximum atomic E-state index is 13.2. The number of methoxy groups -OCH3 is 1. The van der Waals surface area contributed by atoms with Crippen LogP contribution in [0.2, 0.25) is 0 Å². The molecule has 12 heteroatoms. The van der Waals surface area contributed by atoms with E-state index < -0.39 is 37.7 Å². The Labute approximate surface area is 208 Å². The fourth-order valence-corrected chi connectivity index (χ4v) is 3.70. The fraction of sp³-hybridized carbons (Fsp3) is 0.333. The van der Waals surface area contributed by atoms with Crippen LogP contribution < -0.4 is 15.2 Å². The Hall–Kier alpha value is -3.71. The van der Waals surface area contributed by atoms with Crippen molar-refractivity contribution in [2.45, 2.75) is 38.8 Å². The summed E-state index contributed by atoms with van der Waals surface area (Å²) in [6.07, 6.45) is 0.322. The standard InChI is InChI=1S/C24H28N3O8P/c1-15(2)12-21(24(30)34-3)27-23(29)20(26-22(28)18-8-4-17(14-25)5-9-18)13-16-6-10-19(11-7-16)35-36(31,32)33/h4-11,15,20-21H,12-13H2,1-3H3,(H,26,28)(H,27,29)(H2,31,32,33). The van der Waals surface area contributed by atoms with E-state index >= 15 is 0 Å². The molecule has 2 unspecified atom stereocenters. The molecule has 0 saturated carbocycles. The molecule has 2 aromatic rings. The van der Waals surface area contributed by atoms with E-state index in [-0.39, 0.29) is 23.7 Å². The average Bonchev–Trinajstić information content (AvgIpc) is 2.82. The summed E-state index contributed by atoms with van der Waals surface area (Å²) in [5.74, 6) is -1.81. The summed E-state index contributed by atoms with van der Waals surface area (Å²) >= 11 is 0. The number of phosphoric ester groups is 1. The summed E-state index contributed by atoms with van der Waals surface area (Å²) in [5, 5.41) is 14.2. The molecule has 0 spiro atoms. The fourth-order valence-electron chi connectivity index (χ4n) is 3.31. The van der Waals surface area contributed by atoms with E-state index in [1.165, 1.54) is 55.6 Å². The van der Waals surface area contributed by atoms with Crippen molar-refractivity contribution in [3.8, 4) is 11.8 Å². The maximum Gasteiger partial charge on any atom is 0.524 e. The van der Waals surface area contributed by atoms with Crippen LogP contribution in [0.3, 0.4) is 0 Å². The zero-order valence-corrected chi connectivity index (χ0v) is 20.9. The number of nitriles is 1. The minimum absolute atomic E-state index is 0.000383. The van der Waals surface area contributed by atoms with Crippen LogP contribution in [-0.2, 0) is 25.3 Å². The van der Waals surface area contributed by atoms with E-state index in [4.69, 9.17) is 19.8 Å². The van der Waals surface area contributed by atoms with Crippen LogP contribution in [0.4, 0.5) is 0 Å². The third-order valence-corrected chi connectivity index (χ3v) is 5.44. The van der Waals surface area contributed by atoms with E-state index in [1.54, 1.807) is 0 Å². The lowest BCUT2D eigenvalue weighted by Crippen LogP contribution is -2.53. The van der Waals surface area contributed by atoms with Gasteiger partial charge in [-0.25, -0.2) is 9.36 Å². The number of carbonyl (C=O) groups excluding carboxylic acids is 3. The van der Waals surface area contributed by atoms with Crippen LogP contribution in [0, 0.1) is 17.2 Å². The zero-order valence-electron chi connectivity index (χ0n) is 20.0. The number of amides is 2. The Morgan fingerprint density at radius 1 is 1.00 bits per heavy atom. The smallest absolute Gasteiger partial charge is 0.467 e. The zero-order chi connectivity index (χ0) is 26.9. The van der Waals surface area contributed by atoms with Gasteiger partial charge in [0.1, 0.15) is 17.8 Å². The van der Waals surface area contributed by atoms with E-state index in [0.717, 1.165) is 0 Å². The molecule has 0 aliphatic carbocycles. The molecule has 192 valence electrons. The second-order valence-electron chi connectivity index (χ2n) is 8.36. The normalized spacial score (nSPS) is 12.7. The molecule has 0 saturated heterocycles. The van der Waals surface area contributed by atoms with Gasteiger partial charge in [0.15, 0.2) is 0 Å². The number of phosphoric acid groups is 1.